The zero-order chi connectivity index (χ0) is 16.5. The topological polar surface area (TPSA) is 101 Å². The van der Waals surface area contributed by atoms with E-state index in [-0.39, 0.29) is 11.8 Å². The second-order valence-corrected chi connectivity index (χ2v) is 5.91. The van der Waals surface area contributed by atoms with Crippen LogP contribution < -0.4 is 4.72 Å². The molecule has 1 aromatic heterocycles. The first-order valence-corrected chi connectivity index (χ1v) is 7.50. The molecule has 0 unspecified atom stereocenters. The Kier molecular flexibility index (Phi) is 4.13. The maximum atomic E-state index is 13.7. The number of carboxylic acid groups (broad SMARTS) is 1. The standard InChI is InChI=1S/C12H11F2N3O4S/c1-2-17-6-7(5-15-17)16-22(20,21)11-3-8(12(18)19)9(13)4-10(11)14/h3-6,16H,2H2,1H3,(H,18,19). The molecule has 0 fully saturated rings. The number of halogens is 2. The zero-order valence-electron chi connectivity index (χ0n) is 11.2. The van der Waals surface area contributed by atoms with Crippen LogP contribution >= 0.6 is 0 Å². The van der Waals surface area contributed by atoms with E-state index in [1.807, 2.05) is 4.72 Å². The summed E-state index contributed by atoms with van der Waals surface area (Å²) in [7, 11) is -4.42. The van der Waals surface area contributed by atoms with Gasteiger partial charge in [-0.05, 0) is 13.0 Å². The Labute approximate surface area is 124 Å². The van der Waals surface area contributed by atoms with Crippen LogP contribution in [0.1, 0.15) is 17.3 Å². The Morgan fingerprint density at radius 2 is 2.05 bits per heavy atom. The fourth-order valence-electron chi connectivity index (χ4n) is 1.70. The van der Waals surface area contributed by atoms with E-state index in [1.54, 1.807) is 6.92 Å². The van der Waals surface area contributed by atoms with Crippen molar-refractivity contribution >= 4 is 21.7 Å². The van der Waals surface area contributed by atoms with Gasteiger partial charge in [-0.1, -0.05) is 0 Å². The molecule has 0 spiro atoms. The number of rotatable bonds is 5. The summed E-state index contributed by atoms with van der Waals surface area (Å²) < 4.78 is 54.7. The van der Waals surface area contributed by atoms with E-state index >= 15 is 0 Å². The molecule has 2 N–H and O–H groups in total. The number of aryl methyl sites for hydroxylation is 1. The van der Waals surface area contributed by atoms with Gasteiger partial charge in [0.05, 0.1) is 17.4 Å². The molecule has 0 bridgehead atoms. The van der Waals surface area contributed by atoms with Crippen LogP contribution in [0.2, 0.25) is 0 Å². The Morgan fingerprint density at radius 1 is 1.36 bits per heavy atom. The number of aromatic nitrogens is 2. The molecular weight excluding hydrogens is 320 g/mol. The van der Waals surface area contributed by atoms with Crippen molar-refractivity contribution in [3.8, 4) is 0 Å². The molecular formula is C12H11F2N3O4S. The van der Waals surface area contributed by atoms with Gasteiger partial charge < -0.3 is 5.11 Å². The van der Waals surface area contributed by atoms with Gasteiger partial charge in [0, 0.05) is 18.8 Å². The molecule has 2 aromatic rings. The summed E-state index contributed by atoms with van der Waals surface area (Å²) in [5.74, 6) is -4.45. The third kappa shape index (κ3) is 3.06. The number of benzene rings is 1. The molecule has 1 heterocycles. The molecule has 2 rings (SSSR count). The van der Waals surface area contributed by atoms with Crippen molar-refractivity contribution in [2.24, 2.45) is 0 Å². The summed E-state index contributed by atoms with van der Waals surface area (Å²) in [5, 5.41) is 12.6. The van der Waals surface area contributed by atoms with Crippen molar-refractivity contribution in [1.82, 2.24) is 9.78 Å². The van der Waals surface area contributed by atoms with Crippen LogP contribution in [0.3, 0.4) is 0 Å². The molecule has 10 heteroatoms. The van der Waals surface area contributed by atoms with Gasteiger partial charge in [-0.2, -0.15) is 5.10 Å². The van der Waals surface area contributed by atoms with Gasteiger partial charge in [-0.25, -0.2) is 22.0 Å². The van der Waals surface area contributed by atoms with Crippen molar-refractivity contribution in [3.63, 3.8) is 0 Å². The lowest BCUT2D eigenvalue weighted by atomic mass is 10.2. The summed E-state index contributed by atoms with van der Waals surface area (Å²) in [6, 6.07) is 0.646. The number of nitrogens with zero attached hydrogens (tertiary/aromatic N) is 2. The molecule has 0 atom stereocenters. The highest BCUT2D eigenvalue weighted by Crippen LogP contribution is 2.22. The van der Waals surface area contributed by atoms with Crippen molar-refractivity contribution in [2.75, 3.05) is 4.72 Å². The monoisotopic (exact) mass is 331 g/mol. The van der Waals surface area contributed by atoms with Gasteiger partial charge in [0.15, 0.2) is 0 Å². The Morgan fingerprint density at radius 3 is 2.59 bits per heavy atom. The number of hydrogen-bond donors (Lipinski definition) is 2. The van der Waals surface area contributed by atoms with Crippen LogP contribution in [-0.2, 0) is 16.6 Å². The van der Waals surface area contributed by atoms with Crippen LogP contribution in [0.5, 0.6) is 0 Å². The first kappa shape index (κ1) is 15.9. The second kappa shape index (κ2) is 5.72. The normalized spacial score (nSPS) is 11.4. The Hall–Kier alpha value is -2.49. The Balaban J connectivity index is 2.44. The third-order valence-electron chi connectivity index (χ3n) is 2.75. The van der Waals surface area contributed by atoms with E-state index in [2.05, 4.69) is 5.10 Å². The number of carboxylic acids is 1. The quantitative estimate of drug-likeness (QED) is 0.868. The second-order valence-electron chi connectivity index (χ2n) is 4.26. The number of sulfonamides is 1. The fourth-order valence-corrected chi connectivity index (χ4v) is 2.81. The molecule has 0 aliphatic rings. The molecule has 0 radical (unpaired) electrons. The summed E-state index contributed by atoms with van der Waals surface area (Å²) in [5.41, 5.74) is -0.867. The first-order chi connectivity index (χ1) is 10.2. The number of hydrogen-bond acceptors (Lipinski definition) is 4. The smallest absolute Gasteiger partial charge is 0.338 e. The molecule has 0 aliphatic carbocycles. The zero-order valence-corrected chi connectivity index (χ0v) is 12.1. The van der Waals surface area contributed by atoms with Gasteiger partial charge in [0.25, 0.3) is 10.0 Å². The van der Waals surface area contributed by atoms with Crippen LogP contribution in [0, 0.1) is 11.6 Å². The molecule has 0 saturated heterocycles. The minimum atomic E-state index is -4.42. The maximum Gasteiger partial charge on any atom is 0.338 e. The van der Waals surface area contributed by atoms with E-state index in [4.69, 9.17) is 5.11 Å². The van der Waals surface area contributed by atoms with Crippen LogP contribution in [0.15, 0.2) is 29.4 Å². The minimum Gasteiger partial charge on any atom is -0.478 e. The highest BCUT2D eigenvalue weighted by atomic mass is 32.2. The largest absolute Gasteiger partial charge is 0.478 e. The molecule has 7 nitrogen and oxygen atoms in total. The van der Waals surface area contributed by atoms with Crippen LogP contribution in [-0.4, -0.2) is 29.3 Å². The van der Waals surface area contributed by atoms with E-state index < -0.39 is 38.1 Å². The summed E-state index contributed by atoms with van der Waals surface area (Å²) >= 11 is 0. The molecule has 0 saturated carbocycles. The lowest BCUT2D eigenvalue weighted by Crippen LogP contribution is -2.16. The van der Waals surface area contributed by atoms with Gasteiger partial charge >= 0.3 is 5.97 Å². The SMILES string of the molecule is CCn1cc(NS(=O)(=O)c2cc(C(=O)O)c(F)cc2F)cn1. The molecule has 0 amide bonds. The van der Waals surface area contributed by atoms with Crippen molar-refractivity contribution in [3.05, 3.63) is 41.7 Å². The number of anilines is 1. The maximum absolute atomic E-state index is 13.7. The summed E-state index contributed by atoms with van der Waals surface area (Å²) in [6.45, 7) is 2.28. The lowest BCUT2D eigenvalue weighted by Gasteiger charge is -2.08. The fraction of sp³-hybridized carbons (Fsp3) is 0.167. The highest BCUT2D eigenvalue weighted by Gasteiger charge is 2.24. The van der Waals surface area contributed by atoms with E-state index in [1.165, 1.54) is 17.1 Å². The average molecular weight is 331 g/mol. The first-order valence-electron chi connectivity index (χ1n) is 6.02. The number of carbonyl (C=O) groups is 1. The Bertz CT molecular complexity index is 833. The molecule has 1 aromatic carbocycles. The molecule has 118 valence electrons. The van der Waals surface area contributed by atoms with E-state index in [9.17, 15) is 22.0 Å². The van der Waals surface area contributed by atoms with Gasteiger partial charge in [-0.15, -0.1) is 0 Å². The minimum absolute atomic E-state index is 0.0717. The van der Waals surface area contributed by atoms with Crippen LogP contribution in [0.4, 0.5) is 14.5 Å². The summed E-state index contributed by atoms with van der Waals surface area (Å²) in [6.07, 6.45) is 2.58. The predicted molar refractivity (Wildman–Crippen MR) is 72.0 cm³/mol. The van der Waals surface area contributed by atoms with Crippen molar-refractivity contribution in [2.45, 2.75) is 18.4 Å². The van der Waals surface area contributed by atoms with Crippen LogP contribution in [0.25, 0.3) is 0 Å². The van der Waals surface area contributed by atoms with Gasteiger partial charge in [0.1, 0.15) is 16.5 Å². The van der Waals surface area contributed by atoms with Crippen molar-refractivity contribution in [1.29, 1.82) is 0 Å². The van der Waals surface area contributed by atoms with Gasteiger partial charge in [-0.3, -0.25) is 9.40 Å². The van der Waals surface area contributed by atoms with E-state index in [0.717, 1.165) is 0 Å². The van der Waals surface area contributed by atoms with E-state index in [0.29, 0.717) is 12.6 Å². The average Bonchev–Trinajstić information content (AvgIpc) is 2.84. The molecule has 0 aliphatic heterocycles. The number of aromatic carboxylic acids is 1. The third-order valence-corrected chi connectivity index (χ3v) is 4.15. The van der Waals surface area contributed by atoms with Gasteiger partial charge in [0.2, 0.25) is 0 Å². The predicted octanol–water partition coefficient (Wildman–Crippen LogP) is 1.68. The van der Waals surface area contributed by atoms with Crippen molar-refractivity contribution < 1.29 is 27.1 Å². The molecule has 22 heavy (non-hydrogen) atoms. The number of nitrogens with one attached hydrogen (secondary N) is 1. The lowest BCUT2D eigenvalue weighted by molar-refractivity contribution is 0.0691. The highest BCUT2D eigenvalue weighted by molar-refractivity contribution is 7.92. The summed E-state index contributed by atoms with van der Waals surface area (Å²) in [4.78, 5) is 9.86.